The maximum atomic E-state index is 12.2. The fourth-order valence-electron chi connectivity index (χ4n) is 3.42. The second-order valence-electron chi connectivity index (χ2n) is 6.61. The van der Waals surface area contributed by atoms with Crippen molar-refractivity contribution in [2.24, 2.45) is 0 Å². The van der Waals surface area contributed by atoms with Crippen molar-refractivity contribution in [2.75, 3.05) is 23.4 Å². The van der Waals surface area contributed by atoms with Crippen LogP contribution in [0, 0.1) is 6.92 Å². The van der Waals surface area contributed by atoms with Crippen LogP contribution in [0.1, 0.15) is 28.5 Å². The molecule has 28 heavy (non-hydrogen) atoms. The Balaban J connectivity index is 1.66. The number of para-hydroxylation sites is 2. The Morgan fingerprint density at radius 2 is 1.93 bits per heavy atom. The second kappa shape index (κ2) is 7.68. The lowest BCUT2D eigenvalue weighted by Crippen LogP contribution is -2.16. The first kappa shape index (κ1) is 18.0. The molecule has 6 nitrogen and oxygen atoms in total. The highest BCUT2D eigenvalue weighted by Crippen LogP contribution is 2.34. The summed E-state index contributed by atoms with van der Waals surface area (Å²) >= 11 is 0. The Labute approximate surface area is 164 Å². The maximum absolute atomic E-state index is 12.2. The van der Waals surface area contributed by atoms with E-state index in [1.165, 1.54) is 11.3 Å². The molecule has 6 heteroatoms. The zero-order valence-corrected chi connectivity index (χ0v) is 16.0. The van der Waals surface area contributed by atoms with Crippen LogP contribution in [-0.2, 0) is 11.2 Å². The summed E-state index contributed by atoms with van der Waals surface area (Å²) in [5, 5.41) is 3.19. The third kappa shape index (κ3) is 3.53. The lowest BCUT2D eigenvalue weighted by molar-refractivity contribution is 0.0527. The van der Waals surface area contributed by atoms with Gasteiger partial charge in [-0.15, -0.1) is 0 Å². The molecule has 0 atom stereocenters. The van der Waals surface area contributed by atoms with E-state index in [0.29, 0.717) is 23.8 Å². The Hall–Kier alpha value is -3.41. The van der Waals surface area contributed by atoms with Crippen molar-refractivity contribution < 1.29 is 9.53 Å². The number of ether oxygens (including phenoxy) is 1. The number of hydrogen-bond donors (Lipinski definition) is 1. The highest BCUT2D eigenvalue weighted by atomic mass is 16.5. The summed E-state index contributed by atoms with van der Waals surface area (Å²) in [5.41, 5.74) is 4.44. The van der Waals surface area contributed by atoms with Crippen molar-refractivity contribution in [3.05, 3.63) is 71.4 Å². The maximum Gasteiger partial charge on any atom is 0.340 e. The molecule has 0 bridgehead atoms. The summed E-state index contributed by atoms with van der Waals surface area (Å²) in [5.74, 6) is 0.927. The van der Waals surface area contributed by atoms with Gasteiger partial charge in [0.1, 0.15) is 5.82 Å². The average molecular weight is 374 g/mol. The molecule has 0 radical (unpaired) electrons. The van der Waals surface area contributed by atoms with E-state index < -0.39 is 0 Å². The van der Waals surface area contributed by atoms with Crippen molar-refractivity contribution in [2.45, 2.75) is 20.3 Å². The zero-order chi connectivity index (χ0) is 19.5. The molecule has 1 aromatic heterocycles. The van der Waals surface area contributed by atoms with E-state index in [1.54, 1.807) is 19.1 Å². The van der Waals surface area contributed by atoms with Crippen LogP contribution in [0.25, 0.3) is 0 Å². The number of carbonyl (C=O) groups is 1. The largest absolute Gasteiger partial charge is 0.462 e. The number of fused-ring (bicyclic) bond motifs is 1. The summed E-state index contributed by atoms with van der Waals surface area (Å²) in [6, 6.07) is 17.6. The Morgan fingerprint density at radius 1 is 1.14 bits per heavy atom. The fourth-order valence-corrected chi connectivity index (χ4v) is 3.42. The number of carbonyl (C=O) groups excluding carboxylic acids is 1. The number of nitrogens with zero attached hydrogens (tertiary/aromatic N) is 3. The van der Waals surface area contributed by atoms with Crippen molar-refractivity contribution in [1.29, 1.82) is 0 Å². The zero-order valence-electron chi connectivity index (χ0n) is 16.0. The Morgan fingerprint density at radius 3 is 2.79 bits per heavy atom. The highest BCUT2D eigenvalue weighted by molar-refractivity contribution is 5.96. The molecular weight excluding hydrogens is 352 g/mol. The molecular formula is C22H22N4O2. The number of anilines is 4. The van der Waals surface area contributed by atoms with Gasteiger partial charge in [0.25, 0.3) is 0 Å². The van der Waals surface area contributed by atoms with Gasteiger partial charge in [-0.2, -0.15) is 4.98 Å². The molecule has 1 aliphatic rings. The molecule has 0 unspecified atom stereocenters. The molecule has 4 rings (SSSR count). The van der Waals surface area contributed by atoms with Gasteiger partial charge in [-0.25, -0.2) is 9.78 Å². The van der Waals surface area contributed by atoms with Crippen LogP contribution in [0.4, 0.5) is 23.1 Å². The number of rotatable bonds is 5. The third-order valence-electron chi connectivity index (χ3n) is 4.67. The van der Waals surface area contributed by atoms with Gasteiger partial charge in [-0.05, 0) is 44.0 Å². The molecule has 0 saturated heterocycles. The number of aromatic nitrogens is 2. The summed E-state index contributed by atoms with van der Waals surface area (Å²) in [6.45, 7) is 4.94. The quantitative estimate of drug-likeness (QED) is 0.668. The standard InChI is InChI=1S/C22H22N4O2/c1-3-28-21(27)17-9-5-6-10-18(17)24-22-23-15(2)14-20(25-22)26-13-12-16-8-4-7-11-19(16)26/h4-11,14H,3,12-13H2,1-2H3,(H,23,24,25). The normalized spacial score (nSPS) is 12.6. The van der Waals surface area contributed by atoms with Gasteiger partial charge >= 0.3 is 5.97 Å². The first-order chi connectivity index (χ1) is 13.7. The first-order valence-electron chi connectivity index (χ1n) is 9.40. The monoisotopic (exact) mass is 374 g/mol. The van der Waals surface area contributed by atoms with Crippen LogP contribution in [0.15, 0.2) is 54.6 Å². The van der Waals surface area contributed by atoms with Gasteiger partial charge in [-0.1, -0.05) is 30.3 Å². The SMILES string of the molecule is CCOC(=O)c1ccccc1Nc1nc(C)cc(N2CCc3ccccc32)n1. The van der Waals surface area contributed by atoms with Crippen LogP contribution in [0.2, 0.25) is 0 Å². The molecule has 1 aliphatic heterocycles. The molecule has 0 saturated carbocycles. The molecule has 0 spiro atoms. The van der Waals surface area contributed by atoms with E-state index in [-0.39, 0.29) is 5.97 Å². The topological polar surface area (TPSA) is 67.3 Å². The average Bonchev–Trinajstić information content (AvgIpc) is 3.12. The number of benzene rings is 2. The molecule has 0 fully saturated rings. The van der Waals surface area contributed by atoms with Crippen molar-refractivity contribution >= 4 is 29.1 Å². The lowest BCUT2D eigenvalue weighted by atomic mass is 10.2. The van der Waals surface area contributed by atoms with E-state index in [0.717, 1.165) is 24.5 Å². The summed E-state index contributed by atoms with van der Waals surface area (Å²) in [6.07, 6.45) is 0.994. The van der Waals surface area contributed by atoms with Crippen LogP contribution in [0.3, 0.4) is 0 Å². The third-order valence-corrected chi connectivity index (χ3v) is 4.67. The summed E-state index contributed by atoms with van der Waals surface area (Å²) in [7, 11) is 0. The van der Waals surface area contributed by atoms with Gasteiger partial charge < -0.3 is 15.0 Å². The predicted octanol–water partition coefficient (Wildman–Crippen LogP) is 4.40. The van der Waals surface area contributed by atoms with Gasteiger partial charge in [0.15, 0.2) is 0 Å². The molecule has 0 aliphatic carbocycles. The van der Waals surface area contributed by atoms with Crippen LogP contribution < -0.4 is 10.2 Å². The number of aryl methyl sites for hydroxylation is 1. The van der Waals surface area contributed by atoms with Crippen LogP contribution in [0.5, 0.6) is 0 Å². The first-order valence-corrected chi connectivity index (χ1v) is 9.40. The Bertz CT molecular complexity index is 1020. The number of hydrogen-bond acceptors (Lipinski definition) is 6. The molecule has 1 N–H and O–H groups in total. The van der Waals surface area contributed by atoms with E-state index >= 15 is 0 Å². The van der Waals surface area contributed by atoms with Crippen LogP contribution >= 0.6 is 0 Å². The van der Waals surface area contributed by atoms with Gasteiger partial charge in [0.05, 0.1) is 17.9 Å². The molecule has 3 aromatic rings. The minimum atomic E-state index is -0.369. The molecule has 2 heterocycles. The van der Waals surface area contributed by atoms with Crippen molar-refractivity contribution in [3.8, 4) is 0 Å². The fraction of sp³-hybridized carbons (Fsp3) is 0.227. The number of esters is 1. The molecule has 0 amide bonds. The number of nitrogens with one attached hydrogen (secondary N) is 1. The van der Waals surface area contributed by atoms with Gasteiger partial charge in [0, 0.05) is 24.0 Å². The lowest BCUT2D eigenvalue weighted by Gasteiger charge is -2.20. The summed E-state index contributed by atoms with van der Waals surface area (Å²) < 4.78 is 5.15. The van der Waals surface area contributed by atoms with E-state index in [4.69, 9.17) is 9.72 Å². The van der Waals surface area contributed by atoms with Gasteiger partial charge in [-0.3, -0.25) is 0 Å². The predicted molar refractivity (Wildman–Crippen MR) is 110 cm³/mol. The van der Waals surface area contributed by atoms with Crippen molar-refractivity contribution in [3.63, 3.8) is 0 Å². The highest BCUT2D eigenvalue weighted by Gasteiger charge is 2.22. The van der Waals surface area contributed by atoms with Gasteiger partial charge in [0.2, 0.25) is 5.95 Å². The van der Waals surface area contributed by atoms with E-state index in [2.05, 4.69) is 33.4 Å². The molecule has 142 valence electrons. The van der Waals surface area contributed by atoms with Crippen LogP contribution in [-0.4, -0.2) is 29.1 Å². The second-order valence-corrected chi connectivity index (χ2v) is 6.61. The van der Waals surface area contributed by atoms with Crippen molar-refractivity contribution in [1.82, 2.24) is 9.97 Å². The van der Waals surface area contributed by atoms with E-state index in [1.807, 2.05) is 31.2 Å². The van der Waals surface area contributed by atoms with E-state index in [9.17, 15) is 4.79 Å². The minimum Gasteiger partial charge on any atom is -0.462 e. The summed E-state index contributed by atoms with van der Waals surface area (Å²) in [4.78, 5) is 23.6. The molecule has 2 aromatic carbocycles. The minimum absolute atomic E-state index is 0.326. The smallest absolute Gasteiger partial charge is 0.340 e. The Kier molecular flexibility index (Phi) is 4.93.